The van der Waals surface area contributed by atoms with E-state index in [2.05, 4.69) is 17.2 Å². The van der Waals surface area contributed by atoms with E-state index >= 15 is 0 Å². The number of pyridine rings is 1. The van der Waals surface area contributed by atoms with Gasteiger partial charge >= 0.3 is 5.97 Å². The summed E-state index contributed by atoms with van der Waals surface area (Å²) in [5, 5.41) is 12.4. The summed E-state index contributed by atoms with van der Waals surface area (Å²) >= 11 is 0. The van der Waals surface area contributed by atoms with Gasteiger partial charge in [0, 0.05) is 18.9 Å². The molecular formula is C16H18N2O2. The van der Waals surface area contributed by atoms with Crippen LogP contribution in [0.1, 0.15) is 29.7 Å². The van der Waals surface area contributed by atoms with Crippen LogP contribution >= 0.6 is 0 Å². The lowest BCUT2D eigenvalue weighted by molar-refractivity contribution is -0.139. The SMILES string of the molecule is CCc1ccc(C(NCc2cccnc2)C(=O)O)cc1. The maximum absolute atomic E-state index is 11.4. The van der Waals surface area contributed by atoms with Crippen molar-refractivity contribution in [1.82, 2.24) is 10.3 Å². The summed E-state index contributed by atoms with van der Waals surface area (Å²) in [6.45, 7) is 2.55. The molecule has 0 bridgehead atoms. The zero-order valence-electron chi connectivity index (χ0n) is 11.4. The first-order valence-corrected chi connectivity index (χ1v) is 6.64. The largest absolute Gasteiger partial charge is 0.480 e. The molecule has 1 unspecified atom stereocenters. The number of carbonyl (C=O) groups is 1. The summed E-state index contributed by atoms with van der Waals surface area (Å²) in [6, 6.07) is 10.7. The van der Waals surface area contributed by atoms with Crippen molar-refractivity contribution >= 4 is 5.97 Å². The maximum Gasteiger partial charge on any atom is 0.325 e. The monoisotopic (exact) mass is 270 g/mol. The summed E-state index contributed by atoms with van der Waals surface area (Å²) in [5.41, 5.74) is 2.92. The number of hydrogen-bond donors (Lipinski definition) is 2. The van der Waals surface area contributed by atoms with Crippen LogP contribution < -0.4 is 5.32 Å². The smallest absolute Gasteiger partial charge is 0.325 e. The number of rotatable bonds is 6. The summed E-state index contributed by atoms with van der Waals surface area (Å²) in [4.78, 5) is 15.4. The third kappa shape index (κ3) is 3.65. The van der Waals surface area contributed by atoms with Gasteiger partial charge in [0.1, 0.15) is 6.04 Å². The van der Waals surface area contributed by atoms with Crippen molar-refractivity contribution in [3.63, 3.8) is 0 Å². The molecular weight excluding hydrogens is 252 g/mol. The standard InChI is InChI=1S/C16H18N2O2/c1-2-12-5-7-14(8-6-12)15(16(19)20)18-11-13-4-3-9-17-10-13/h3-10,15,18H,2,11H2,1H3,(H,19,20). The van der Waals surface area contributed by atoms with Crippen molar-refractivity contribution < 1.29 is 9.90 Å². The molecule has 0 saturated heterocycles. The van der Waals surface area contributed by atoms with Crippen molar-refractivity contribution in [2.45, 2.75) is 25.9 Å². The zero-order chi connectivity index (χ0) is 14.4. The number of nitrogens with zero attached hydrogens (tertiary/aromatic N) is 1. The maximum atomic E-state index is 11.4. The van der Waals surface area contributed by atoms with E-state index in [1.165, 1.54) is 5.56 Å². The van der Waals surface area contributed by atoms with Crippen LogP contribution in [0.25, 0.3) is 0 Å². The molecule has 0 aliphatic heterocycles. The number of aromatic nitrogens is 1. The van der Waals surface area contributed by atoms with Crippen LogP contribution in [0, 0.1) is 0 Å². The minimum atomic E-state index is -0.877. The van der Waals surface area contributed by atoms with Gasteiger partial charge in [-0.25, -0.2) is 0 Å². The fourth-order valence-electron chi connectivity index (χ4n) is 2.02. The molecule has 1 heterocycles. The van der Waals surface area contributed by atoms with Crippen molar-refractivity contribution in [2.75, 3.05) is 0 Å². The molecule has 1 aromatic carbocycles. The fraction of sp³-hybridized carbons (Fsp3) is 0.250. The molecule has 0 aliphatic rings. The van der Waals surface area contributed by atoms with Gasteiger partial charge < -0.3 is 5.11 Å². The minimum Gasteiger partial charge on any atom is -0.480 e. The van der Waals surface area contributed by atoms with Crippen molar-refractivity contribution in [3.05, 3.63) is 65.5 Å². The van der Waals surface area contributed by atoms with Crippen molar-refractivity contribution in [3.8, 4) is 0 Å². The number of carboxylic acid groups (broad SMARTS) is 1. The Bertz CT molecular complexity index is 552. The van der Waals surface area contributed by atoms with Gasteiger partial charge in [0.2, 0.25) is 0 Å². The summed E-state index contributed by atoms with van der Waals surface area (Å²) in [7, 11) is 0. The van der Waals surface area contributed by atoms with Crippen LogP contribution in [-0.2, 0) is 17.8 Å². The van der Waals surface area contributed by atoms with E-state index in [0.717, 1.165) is 17.5 Å². The van der Waals surface area contributed by atoms with Gasteiger partial charge in [-0.1, -0.05) is 37.3 Å². The molecule has 0 radical (unpaired) electrons. The highest BCUT2D eigenvalue weighted by Gasteiger charge is 2.18. The number of hydrogen-bond acceptors (Lipinski definition) is 3. The highest BCUT2D eigenvalue weighted by Crippen LogP contribution is 2.15. The summed E-state index contributed by atoms with van der Waals surface area (Å²) in [5.74, 6) is -0.877. The minimum absolute atomic E-state index is 0.473. The van der Waals surface area contributed by atoms with Gasteiger partial charge in [0.15, 0.2) is 0 Å². The molecule has 0 amide bonds. The lowest BCUT2D eigenvalue weighted by Gasteiger charge is -2.15. The average Bonchev–Trinajstić information content (AvgIpc) is 2.49. The first-order valence-electron chi connectivity index (χ1n) is 6.64. The Morgan fingerprint density at radius 2 is 2.00 bits per heavy atom. The second-order valence-electron chi connectivity index (χ2n) is 4.61. The van der Waals surface area contributed by atoms with E-state index in [4.69, 9.17) is 0 Å². The lowest BCUT2D eigenvalue weighted by atomic mass is 10.0. The molecule has 4 heteroatoms. The van der Waals surface area contributed by atoms with Gasteiger partial charge in [-0.15, -0.1) is 0 Å². The second-order valence-corrected chi connectivity index (χ2v) is 4.61. The van der Waals surface area contributed by atoms with Crippen LogP contribution in [0.15, 0.2) is 48.8 Å². The van der Waals surface area contributed by atoms with E-state index in [-0.39, 0.29) is 0 Å². The zero-order valence-corrected chi connectivity index (χ0v) is 11.4. The van der Waals surface area contributed by atoms with Gasteiger partial charge in [0.05, 0.1) is 0 Å². The quantitative estimate of drug-likeness (QED) is 0.847. The first kappa shape index (κ1) is 14.2. The molecule has 0 saturated carbocycles. The van der Waals surface area contributed by atoms with Gasteiger partial charge in [-0.3, -0.25) is 15.1 Å². The molecule has 2 aromatic rings. The third-order valence-corrected chi connectivity index (χ3v) is 3.20. The topological polar surface area (TPSA) is 62.2 Å². The Balaban J connectivity index is 2.08. The molecule has 1 aromatic heterocycles. The number of nitrogens with one attached hydrogen (secondary N) is 1. The van der Waals surface area contributed by atoms with Gasteiger partial charge in [0.25, 0.3) is 0 Å². The number of carboxylic acids is 1. The first-order chi connectivity index (χ1) is 9.70. The number of benzene rings is 1. The van der Waals surface area contributed by atoms with E-state index in [1.54, 1.807) is 12.4 Å². The molecule has 2 rings (SSSR count). The van der Waals surface area contributed by atoms with Crippen molar-refractivity contribution in [1.29, 1.82) is 0 Å². The third-order valence-electron chi connectivity index (χ3n) is 3.20. The van der Waals surface area contributed by atoms with E-state index < -0.39 is 12.0 Å². The van der Waals surface area contributed by atoms with Crippen LogP contribution in [0.2, 0.25) is 0 Å². The fourth-order valence-corrected chi connectivity index (χ4v) is 2.02. The molecule has 4 nitrogen and oxygen atoms in total. The normalized spacial score (nSPS) is 12.1. The molecule has 20 heavy (non-hydrogen) atoms. The highest BCUT2D eigenvalue weighted by molar-refractivity contribution is 5.75. The lowest BCUT2D eigenvalue weighted by Crippen LogP contribution is -2.28. The number of aryl methyl sites for hydroxylation is 1. The van der Waals surface area contributed by atoms with Gasteiger partial charge in [-0.2, -0.15) is 0 Å². The van der Waals surface area contributed by atoms with Crippen LogP contribution in [0.5, 0.6) is 0 Å². The predicted molar refractivity (Wildman–Crippen MR) is 77.3 cm³/mol. The highest BCUT2D eigenvalue weighted by atomic mass is 16.4. The summed E-state index contributed by atoms with van der Waals surface area (Å²) < 4.78 is 0. The van der Waals surface area contributed by atoms with Crippen LogP contribution in [-0.4, -0.2) is 16.1 Å². The molecule has 1 atom stereocenters. The molecule has 0 spiro atoms. The second kappa shape index (κ2) is 6.82. The van der Waals surface area contributed by atoms with Crippen LogP contribution in [0.4, 0.5) is 0 Å². The molecule has 104 valence electrons. The average molecular weight is 270 g/mol. The Morgan fingerprint density at radius 1 is 1.25 bits per heavy atom. The van der Waals surface area contributed by atoms with Crippen molar-refractivity contribution in [2.24, 2.45) is 0 Å². The van der Waals surface area contributed by atoms with E-state index in [1.807, 2.05) is 36.4 Å². The molecule has 0 fully saturated rings. The predicted octanol–water partition coefficient (Wildman–Crippen LogP) is 2.56. The Hall–Kier alpha value is -2.20. The van der Waals surface area contributed by atoms with E-state index in [0.29, 0.717) is 6.54 Å². The Morgan fingerprint density at radius 3 is 2.55 bits per heavy atom. The molecule has 2 N–H and O–H groups in total. The van der Waals surface area contributed by atoms with Crippen LogP contribution in [0.3, 0.4) is 0 Å². The molecule has 0 aliphatic carbocycles. The van der Waals surface area contributed by atoms with E-state index in [9.17, 15) is 9.90 Å². The van der Waals surface area contributed by atoms with Gasteiger partial charge in [-0.05, 0) is 29.2 Å². The number of aliphatic carboxylic acids is 1. The Labute approximate surface area is 118 Å². The summed E-state index contributed by atoms with van der Waals surface area (Å²) in [6.07, 6.45) is 4.37. The Kier molecular flexibility index (Phi) is 4.85.